The number of hydrogen-bond donors (Lipinski definition) is 2. The van der Waals surface area contributed by atoms with Crippen molar-refractivity contribution < 1.29 is 29.3 Å². The number of ether oxygens (including phenoxy) is 1. The highest BCUT2D eigenvalue weighted by Crippen LogP contribution is 2.28. The molecule has 0 rings (SSSR count). The Morgan fingerprint density at radius 2 is 1.35 bits per heavy atom. The molecule has 0 heterocycles. The van der Waals surface area contributed by atoms with Crippen molar-refractivity contribution in [1.29, 1.82) is 0 Å². The van der Waals surface area contributed by atoms with Gasteiger partial charge in [0.15, 0.2) is 0 Å². The van der Waals surface area contributed by atoms with Crippen LogP contribution < -0.4 is 0 Å². The number of hydrogen-bond acceptors (Lipinski definition) is 4. The van der Waals surface area contributed by atoms with E-state index in [1.807, 2.05) is 0 Å². The summed E-state index contributed by atoms with van der Waals surface area (Å²) in [5.74, 6) is -4.55. The van der Waals surface area contributed by atoms with Crippen molar-refractivity contribution >= 4 is 17.9 Å². The first-order valence-corrected chi connectivity index (χ1v) is 6.98. The molecule has 0 spiro atoms. The lowest BCUT2D eigenvalue weighted by Gasteiger charge is -2.21. The number of rotatable bonds is 11. The molecule has 0 saturated carbocycles. The summed E-state index contributed by atoms with van der Waals surface area (Å²) >= 11 is 0. The Labute approximate surface area is 119 Å². The highest BCUT2D eigenvalue weighted by molar-refractivity contribution is 6.16. The van der Waals surface area contributed by atoms with Gasteiger partial charge in [-0.3, -0.25) is 14.4 Å². The molecule has 0 aliphatic heterocycles. The first-order valence-electron chi connectivity index (χ1n) is 6.98. The zero-order valence-electron chi connectivity index (χ0n) is 12.2. The molecule has 0 aromatic rings. The number of esters is 1. The summed E-state index contributed by atoms with van der Waals surface area (Å²) in [6.07, 6.45) is 6.23. The van der Waals surface area contributed by atoms with Crippen LogP contribution in [-0.2, 0) is 19.1 Å². The quantitative estimate of drug-likeness (QED) is 0.344. The molecule has 0 aliphatic carbocycles. The summed E-state index contributed by atoms with van der Waals surface area (Å²) in [6, 6.07) is 0. The molecule has 0 bridgehead atoms. The Kier molecular flexibility index (Phi) is 8.59. The van der Waals surface area contributed by atoms with Crippen LogP contribution in [0.3, 0.4) is 0 Å². The third kappa shape index (κ3) is 4.83. The van der Waals surface area contributed by atoms with Crippen molar-refractivity contribution in [3.8, 4) is 0 Å². The monoisotopic (exact) mass is 288 g/mol. The fourth-order valence-corrected chi connectivity index (χ4v) is 2.10. The molecule has 0 aromatic carbocycles. The van der Waals surface area contributed by atoms with Gasteiger partial charge in [-0.25, -0.2) is 0 Å². The second kappa shape index (κ2) is 9.34. The van der Waals surface area contributed by atoms with Crippen LogP contribution in [0.15, 0.2) is 0 Å². The number of unbranched alkanes of at least 4 members (excludes halogenated alkanes) is 6. The maximum Gasteiger partial charge on any atom is 0.334 e. The Hall–Kier alpha value is -1.59. The highest BCUT2D eigenvalue weighted by Gasteiger charge is 2.54. The van der Waals surface area contributed by atoms with Gasteiger partial charge in [0.1, 0.15) is 0 Å². The molecule has 0 saturated heterocycles. The molecule has 6 nitrogen and oxygen atoms in total. The van der Waals surface area contributed by atoms with Crippen LogP contribution in [0.25, 0.3) is 0 Å². The Morgan fingerprint density at radius 3 is 1.75 bits per heavy atom. The van der Waals surface area contributed by atoms with Crippen molar-refractivity contribution in [3.63, 3.8) is 0 Å². The van der Waals surface area contributed by atoms with E-state index in [9.17, 15) is 14.4 Å². The van der Waals surface area contributed by atoms with Gasteiger partial charge in [-0.05, 0) is 6.42 Å². The molecular weight excluding hydrogens is 264 g/mol. The number of carbonyl (C=O) groups is 3. The van der Waals surface area contributed by atoms with Gasteiger partial charge in [-0.2, -0.15) is 0 Å². The van der Waals surface area contributed by atoms with Crippen LogP contribution in [0.2, 0.25) is 0 Å². The van der Waals surface area contributed by atoms with E-state index in [1.54, 1.807) is 0 Å². The molecule has 20 heavy (non-hydrogen) atoms. The molecule has 2 N–H and O–H groups in total. The molecule has 0 radical (unpaired) electrons. The number of carboxylic acid groups (broad SMARTS) is 2. The average molecular weight is 288 g/mol. The van der Waals surface area contributed by atoms with E-state index in [4.69, 9.17) is 10.2 Å². The van der Waals surface area contributed by atoms with E-state index in [2.05, 4.69) is 11.7 Å². The lowest BCUT2D eigenvalue weighted by atomic mass is 9.82. The van der Waals surface area contributed by atoms with Gasteiger partial charge < -0.3 is 14.9 Å². The van der Waals surface area contributed by atoms with Crippen LogP contribution in [0.5, 0.6) is 0 Å². The van der Waals surface area contributed by atoms with Crippen LogP contribution in [0.4, 0.5) is 0 Å². The predicted molar refractivity (Wildman–Crippen MR) is 72.3 cm³/mol. The van der Waals surface area contributed by atoms with E-state index in [1.165, 1.54) is 0 Å². The SMILES string of the molecule is CCCCCCCCCC(C(=O)O)(C(=O)O)C(=O)OC. The third-order valence-corrected chi connectivity index (χ3v) is 3.42. The summed E-state index contributed by atoms with van der Waals surface area (Å²) in [4.78, 5) is 33.9. The van der Waals surface area contributed by atoms with Crippen LogP contribution >= 0.6 is 0 Å². The molecular formula is C14H24O6. The zero-order valence-corrected chi connectivity index (χ0v) is 12.2. The fraction of sp³-hybridized carbons (Fsp3) is 0.786. The second-order valence-electron chi connectivity index (χ2n) is 4.88. The molecule has 0 atom stereocenters. The van der Waals surface area contributed by atoms with Crippen LogP contribution in [-0.4, -0.2) is 35.2 Å². The smallest absolute Gasteiger partial charge is 0.334 e. The van der Waals surface area contributed by atoms with Gasteiger partial charge in [0.05, 0.1) is 7.11 Å². The topological polar surface area (TPSA) is 101 Å². The molecule has 0 aromatic heterocycles. The molecule has 0 aliphatic rings. The van der Waals surface area contributed by atoms with Gasteiger partial charge >= 0.3 is 17.9 Å². The van der Waals surface area contributed by atoms with Crippen molar-refractivity contribution in [3.05, 3.63) is 0 Å². The van der Waals surface area contributed by atoms with E-state index in [0.717, 1.165) is 39.2 Å². The van der Waals surface area contributed by atoms with Gasteiger partial charge in [0.2, 0.25) is 0 Å². The molecule has 6 heteroatoms. The van der Waals surface area contributed by atoms with Crippen LogP contribution in [0.1, 0.15) is 58.3 Å². The lowest BCUT2D eigenvalue weighted by Crippen LogP contribution is -2.47. The number of aliphatic carboxylic acids is 2. The van der Waals surface area contributed by atoms with Gasteiger partial charge in [0.25, 0.3) is 5.41 Å². The number of methoxy groups -OCH3 is 1. The first kappa shape index (κ1) is 18.4. The van der Waals surface area contributed by atoms with Crippen molar-refractivity contribution in [2.75, 3.05) is 7.11 Å². The van der Waals surface area contributed by atoms with Gasteiger partial charge in [0, 0.05) is 0 Å². The summed E-state index contributed by atoms with van der Waals surface area (Å²) in [5, 5.41) is 18.2. The molecule has 0 amide bonds. The maximum atomic E-state index is 11.5. The first-order chi connectivity index (χ1) is 9.43. The normalized spacial score (nSPS) is 11.1. The summed E-state index contributed by atoms with van der Waals surface area (Å²) in [7, 11) is 0.994. The number of carboxylic acids is 2. The minimum absolute atomic E-state index is 0.238. The van der Waals surface area contributed by atoms with Crippen molar-refractivity contribution in [2.24, 2.45) is 5.41 Å². The Balaban J connectivity index is 4.42. The van der Waals surface area contributed by atoms with Crippen molar-refractivity contribution in [1.82, 2.24) is 0 Å². The molecule has 116 valence electrons. The standard InChI is InChI=1S/C14H24O6/c1-3-4-5-6-7-8-9-10-14(11(15)16,12(17)18)13(19)20-2/h3-10H2,1-2H3,(H,15,16)(H,17,18). The van der Waals surface area contributed by atoms with Gasteiger partial charge in [-0.15, -0.1) is 0 Å². The average Bonchev–Trinajstić information content (AvgIpc) is 2.40. The molecule has 0 fully saturated rings. The summed E-state index contributed by atoms with van der Waals surface area (Å²) in [6.45, 7) is 2.12. The largest absolute Gasteiger partial charge is 0.480 e. The van der Waals surface area contributed by atoms with Gasteiger partial charge in [-0.1, -0.05) is 51.9 Å². The maximum absolute atomic E-state index is 11.5. The van der Waals surface area contributed by atoms with E-state index < -0.39 is 23.3 Å². The Bertz CT molecular complexity index is 323. The highest BCUT2D eigenvalue weighted by atomic mass is 16.5. The number of carbonyl (C=O) groups excluding carboxylic acids is 1. The van der Waals surface area contributed by atoms with E-state index >= 15 is 0 Å². The zero-order chi connectivity index (χ0) is 15.6. The fourth-order valence-electron chi connectivity index (χ4n) is 2.10. The molecule has 0 unspecified atom stereocenters. The predicted octanol–water partition coefficient (Wildman–Crippen LogP) is 2.46. The summed E-state index contributed by atoms with van der Waals surface area (Å²) in [5.41, 5.74) is -2.47. The van der Waals surface area contributed by atoms with Crippen molar-refractivity contribution in [2.45, 2.75) is 58.3 Å². The van der Waals surface area contributed by atoms with E-state index in [-0.39, 0.29) is 6.42 Å². The van der Waals surface area contributed by atoms with E-state index in [0.29, 0.717) is 12.8 Å². The van der Waals surface area contributed by atoms with Crippen LogP contribution in [0, 0.1) is 5.41 Å². The minimum atomic E-state index is -2.47. The second-order valence-corrected chi connectivity index (χ2v) is 4.88. The Morgan fingerprint density at radius 1 is 0.900 bits per heavy atom. The lowest BCUT2D eigenvalue weighted by molar-refractivity contribution is -0.178. The third-order valence-electron chi connectivity index (χ3n) is 3.42. The minimum Gasteiger partial charge on any atom is -0.480 e. The summed E-state index contributed by atoms with van der Waals surface area (Å²) < 4.78 is 4.35.